The highest BCUT2D eigenvalue weighted by molar-refractivity contribution is 14.0. The molecule has 7 nitrogen and oxygen atoms in total. The number of guanidine groups is 1. The van der Waals surface area contributed by atoms with Crippen LogP contribution >= 0.6 is 24.0 Å². The summed E-state index contributed by atoms with van der Waals surface area (Å²) in [4.78, 5) is 18.6. The summed E-state index contributed by atoms with van der Waals surface area (Å²) in [6.07, 6.45) is 3.14. The summed E-state index contributed by atoms with van der Waals surface area (Å²) in [6.45, 7) is 5.70. The van der Waals surface area contributed by atoms with E-state index in [2.05, 4.69) is 15.5 Å². The molecule has 0 radical (unpaired) electrons. The molecule has 1 aromatic rings. The minimum atomic E-state index is -0.276. The molecule has 1 aromatic carbocycles. The summed E-state index contributed by atoms with van der Waals surface area (Å²) < 4.78 is 24.7. The Bertz CT molecular complexity index is 739. The van der Waals surface area contributed by atoms with Crippen molar-refractivity contribution in [2.75, 3.05) is 40.0 Å². The van der Waals surface area contributed by atoms with E-state index in [-0.39, 0.29) is 42.5 Å². The fourth-order valence-corrected chi connectivity index (χ4v) is 3.86. The number of fused-ring (bicyclic) bond motifs is 1. The van der Waals surface area contributed by atoms with E-state index in [0.717, 1.165) is 55.3 Å². The van der Waals surface area contributed by atoms with Gasteiger partial charge >= 0.3 is 0 Å². The Balaban J connectivity index is 0.00000320. The van der Waals surface area contributed by atoms with E-state index in [4.69, 9.17) is 14.5 Å². The van der Waals surface area contributed by atoms with Crippen LogP contribution in [0.25, 0.3) is 0 Å². The summed E-state index contributed by atoms with van der Waals surface area (Å²) in [6, 6.07) is 2.99. The molecule has 0 atom stereocenters. The molecule has 2 aliphatic rings. The Morgan fingerprint density at radius 3 is 2.80 bits per heavy atom. The molecule has 2 aliphatic heterocycles. The van der Waals surface area contributed by atoms with Crippen LogP contribution in [0.15, 0.2) is 17.1 Å². The van der Waals surface area contributed by atoms with Crippen LogP contribution in [0.4, 0.5) is 4.39 Å². The lowest BCUT2D eigenvalue weighted by molar-refractivity contribution is -0.121. The Morgan fingerprint density at radius 2 is 2.10 bits per heavy atom. The minimum absolute atomic E-state index is 0. The number of likely N-dealkylation sites (tertiary alicyclic amines) is 1. The lowest BCUT2D eigenvalue weighted by Gasteiger charge is -2.34. The molecule has 0 aliphatic carbocycles. The quantitative estimate of drug-likeness (QED) is 0.334. The van der Waals surface area contributed by atoms with Crippen molar-refractivity contribution in [3.8, 4) is 5.75 Å². The van der Waals surface area contributed by atoms with Gasteiger partial charge in [0.2, 0.25) is 5.91 Å². The molecule has 2 heterocycles. The molecule has 0 saturated carbocycles. The first-order valence-corrected chi connectivity index (χ1v) is 10.4. The minimum Gasteiger partial charge on any atom is -0.467 e. The third-order valence-corrected chi connectivity index (χ3v) is 5.40. The second kappa shape index (κ2) is 12.3. The largest absolute Gasteiger partial charge is 0.467 e. The number of amides is 1. The van der Waals surface area contributed by atoms with Gasteiger partial charge < -0.3 is 25.0 Å². The summed E-state index contributed by atoms with van der Waals surface area (Å²) in [5.74, 6) is 1.86. The summed E-state index contributed by atoms with van der Waals surface area (Å²) in [5.41, 5.74) is 1.58. The first-order chi connectivity index (χ1) is 14.1. The third kappa shape index (κ3) is 6.69. The third-order valence-electron chi connectivity index (χ3n) is 5.40. The average Bonchev–Trinajstić information content (AvgIpc) is 2.73. The number of hydrogen-bond acceptors (Lipinski definition) is 4. The van der Waals surface area contributed by atoms with Crippen molar-refractivity contribution in [1.82, 2.24) is 15.5 Å². The number of rotatable bonds is 6. The van der Waals surface area contributed by atoms with Crippen LogP contribution in [-0.4, -0.2) is 56.8 Å². The highest BCUT2D eigenvalue weighted by Crippen LogP contribution is 2.29. The van der Waals surface area contributed by atoms with Crippen LogP contribution in [0.1, 0.15) is 37.3 Å². The maximum Gasteiger partial charge on any atom is 0.220 e. The molecule has 0 aromatic heterocycles. The molecule has 3 rings (SSSR count). The van der Waals surface area contributed by atoms with Crippen molar-refractivity contribution < 1.29 is 18.7 Å². The zero-order valence-electron chi connectivity index (χ0n) is 17.7. The topological polar surface area (TPSA) is 75.2 Å². The number of nitrogens with zero attached hydrogens (tertiary/aromatic N) is 2. The highest BCUT2D eigenvalue weighted by atomic mass is 127. The smallest absolute Gasteiger partial charge is 0.220 e. The van der Waals surface area contributed by atoms with Crippen molar-refractivity contribution in [2.45, 2.75) is 39.2 Å². The van der Waals surface area contributed by atoms with Crippen molar-refractivity contribution in [2.24, 2.45) is 10.9 Å². The normalized spacial score (nSPS) is 16.9. The standard InChI is InChI=1S/C21H31FN4O3.HI/c1-3-24-21(26-8-5-15(6-9-26)10-19(27)23-2)25-7-4-16-11-18(22)12-17-13-28-14-29-20(16)17;/h11-12,15H,3-10,13-14H2,1-2H3,(H,23,27)(H,24,25);1H. The van der Waals surface area contributed by atoms with Gasteiger partial charge in [0.05, 0.1) is 6.61 Å². The van der Waals surface area contributed by atoms with E-state index in [1.807, 2.05) is 6.92 Å². The number of halogens is 2. The zero-order valence-corrected chi connectivity index (χ0v) is 20.0. The van der Waals surface area contributed by atoms with Crippen molar-refractivity contribution in [3.63, 3.8) is 0 Å². The monoisotopic (exact) mass is 534 g/mol. The van der Waals surface area contributed by atoms with E-state index in [1.165, 1.54) is 12.1 Å². The second-order valence-corrected chi connectivity index (χ2v) is 7.46. The Kier molecular flexibility index (Phi) is 10.1. The molecule has 1 fully saturated rings. The summed E-state index contributed by atoms with van der Waals surface area (Å²) in [7, 11) is 1.68. The molecular weight excluding hydrogens is 502 g/mol. The lowest BCUT2D eigenvalue weighted by Crippen LogP contribution is -2.46. The Labute approximate surface area is 194 Å². The zero-order chi connectivity index (χ0) is 20.6. The van der Waals surface area contributed by atoms with Gasteiger partial charge in [0.1, 0.15) is 11.6 Å². The number of carbonyl (C=O) groups excluding carboxylic acids is 1. The van der Waals surface area contributed by atoms with Crippen molar-refractivity contribution in [1.29, 1.82) is 0 Å². The van der Waals surface area contributed by atoms with Gasteiger partial charge in [-0.15, -0.1) is 24.0 Å². The summed E-state index contributed by atoms with van der Waals surface area (Å²) in [5, 5.41) is 6.05. The fraction of sp³-hybridized carbons (Fsp3) is 0.619. The number of hydrogen-bond donors (Lipinski definition) is 2. The molecule has 1 saturated heterocycles. The van der Waals surface area contributed by atoms with Crippen molar-refractivity contribution >= 4 is 35.8 Å². The van der Waals surface area contributed by atoms with Gasteiger partial charge in [0.25, 0.3) is 0 Å². The number of carbonyl (C=O) groups is 1. The number of aliphatic imine (C=N–C) groups is 1. The Hall–Kier alpha value is -1.62. The first kappa shape index (κ1) is 24.6. The first-order valence-electron chi connectivity index (χ1n) is 10.4. The Morgan fingerprint density at radius 1 is 1.33 bits per heavy atom. The van der Waals surface area contributed by atoms with Gasteiger partial charge in [-0.3, -0.25) is 9.79 Å². The molecule has 0 spiro atoms. The molecule has 0 unspecified atom stereocenters. The van der Waals surface area contributed by atoms with E-state index >= 15 is 0 Å². The van der Waals surface area contributed by atoms with E-state index in [9.17, 15) is 9.18 Å². The van der Waals surface area contributed by atoms with Crippen LogP contribution in [0.2, 0.25) is 0 Å². The van der Waals surface area contributed by atoms with Gasteiger partial charge in [0.15, 0.2) is 12.8 Å². The van der Waals surface area contributed by atoms with E-state index in [0.29, 0.717) is 31.9 Å². The number of benzene rings is 1. The number of piperidine rings is 1. The van der Waals surface area contributed by atoms with Gasteiger partial charge in [0, 0.05) is 45.2 Å². The molecule has 30 heavy (non-hydrogen) atoms. The molecule has 1 amide bonds. The maximum absolute atomic E-state index is 13.9. The predicted octanol–water partition coefficient (Wildman–Crippen LogP) is 2.67. The van der Waals surface area contributed by atoms with E-state index < -0.39 is 0 Å². The van der Waals surface area contributed by atoms with Crippen LogP contribution in [0, 0.1) is 11.7 Å². The number of ether oxygens (including phenoxy) is 2. The maximum atomic E-state index is 13.9. The molecule has 2 N–H and O–H groups in total. The van der Waals surface area contributed by atoms with Crippen LogP contribution < -0.4 is 15.4 Å². The molecule has 9 heteroatoms. The predicted molar refractivity (Wildman–Crippen MR) is 125 cm³/mol. The molecular formula is C21H32FIN4O3. The van der Waals surface area contributed by atoms with Gasteiger partial charge in [-0.1, -0.05) is 0 Å². The second-order valence-electron chi connectivity index (χ2n) is 7.46. The van der Waals surface area contributed by atoms with E-state index in [1.54, 1.807) is 7.05 Å². The average molecular weight is 534 g/mol. The molecule has 168 valence electrons. The van der Waals surface area contributed by atoms with Gasteiger partial charge in [-0.2, -0.15) is 0 Å². The van der Waals surface area contributed by atoms with Crippen molar-refractivity contribution in [3.05, 3.63) is 29.1 Å². The summed E-state index contributed by atoms with van der Waals surface area (Å²) >= 11 is 0. The van der Waals surface area contributed by atoms with Crippen LogP contribution in [-0.2, 0) is 22.6 Å². The fourth-order valence-electron chi connectivity index (χ4n) is 3.86. The lowest BCUT2D eigenvalue weighted by atomic mass is 9.93. The highest BCUT2D eigenvalue weighted by Gasteiger charge is 2.23. The van der Waals surface area contributed by atoms with Gasteiger partial charge in [-0.05, 0) is 49.8 Å². The van der Waals surface area contributed by atoms with Crippen LogP contribution in [0.5, 0.6) is 5.75 Å². The molecule has 0 bridgehead atoms. The SMILES string of the molecule is CCNC(=NCCc1cc(F)cc2c1OCOC2)N1CCC(CC(=O)NC)CC1.I. The van der Waals surface area contributed by atoms with Crippen LogP contribution in [0.3, 0.4) is 0 Å². The number of nitrogens with one attached hydrogen (secondary N) is 2. The van der Waals surface area contributed by atoms with Gasteiger partial charge in [-0.25, -0.2) is 4.39 Å².